The minimum Gasteiger partial charge on any atom is -0.497 e. The van der Waals surface area contributed by atoms with Gasteiger partial charge in [-0.05, 0) is 35.4 Å². The van der Waals surface area contributed by atoms with E-state index in [0.717, 1.165) is 11.7 Å². The summed E-state index contributed by atoms with van der Waals surface area (Å²) in [5.41, 5.74) is 1.64. The van der Waals surface area contributed by atoms with Crippen LogP contribution >= 0.6 is 11.7 Å². The normalized spacial score (nSPS) is 11.9. The Bertz CT molecular complexity index is 1010. The van der Waals surface area contributed by atoms with Gasteiger partial charge in [-0.2, -0.15) is 8.75 Å². The highest BCUT2D eigenvalue weighted by atomic mass is 32.1. The lowest BCUT2D eigenvalue weighted by atomic mass is 9.94. The van der Waals surface area contributed by atoms with Gasteiger partial charge in [-0.1, -0.05) is 18.2 Å². The molecule has 0 saturated heterocycles. The molecular formula is C18H14N2O5S. The van der Waals surface area contributed by atoms with E-state index in [1.54, 1.807) is 42.5 Å². The second-order valence-electron chi connectivity index (χ2n) is 5.46. The van der Waals surface area contributed by atoms with Crippen molar-refractivity contribution in [2.75, 3.05) is 7.11 Å². The fourth-order valence-electron chi connectivity index (χ4n) is 2.58. The van der Waals surface area contributed by atoms with Crippen molar-refractivity contribution in [1.29, 1.82) is 0 Å². The molecule has 0 aliphatic carbocycles. The standard InChI is InChI=1S/C18H14N2O5S/c1-25-12-5-2-10(3-6-12)8-13(17(21)22)16(18(23)24)11-4-7-14-15(9-11)20-26-19-14/h2-7,9H,8H2,1H3,(H,21,22)(H,23,24)/b16-13-. The molecule has 8 heteroatoms. The van der Waals surface area contributed by atoms with E-state index in [2.05, 4.69) is 8.75 Å². The molecule has 7 nitrogen and oxygen atoms in total. The highest BCUT2D eigenvalue weighted by molar-refractivity contribution is 7.00. The summed E-state index contributed by atoms with van der Waals surface area (Å²) in [6.45, 7) is 0. The van der Waals surface area contributed by atoms with Gasteiger partial charge in [0.1, 0.15) is 16.8 Å². The Kier molecular flexibility index (Phi) is 4.94. The molecule has 0 aliphatic heterocycles. The van der Waals surface area contributed by atoms with Crippen LogP contribution in [0.2, 0.25) is 0 Å². The fraction of sp³-hybridized carbons (Fsp3) is 0.111. The lowest BCUT2D eigenvalue weighted by Crippen LogP contribution is -2.13. The number of benzene rings is 2. The molecule has 0 atom stereocenters. The Morgan fingerprint density at radius 1 is 1.00 bits per heavy atom. The topological polar surface area (TPSA) is 110 Å². The van der Waals surface area contributed by atoms with Gasteiger partial charge >= 0.3 is 11.9 Å². The number of hydrogen-bond donors (Lipinski definition) is 2. The summed E-state index contributed by atoms with van der Waals surface area (Å²) in [5.74, 6) is -1.96. The number of methoxy groups -OCH3 is 1. The van der Waals surface area contributed by atoms with Gasteiger partial charge < -0.3 is 14.9 Å². The molecule has 0 bridgehead atoms. The Balaban J connectivity index is 2.09. The summed E-state index contributed by atoms with van der Waals surface area (Å²) in [6.07, 6.45) is -0.0334. The van der Waals surface area contributed by atoms with E-state index in [0.29, 0.717) is 22.3 Å². The van der Waals surface area contributed by atoms with Crippen LogP contribution in [0.5, 0.6) is 5.75 Å². The van der Waals surface area contributed by atoms with E-state index >= 15 is 0 Å². The minimum absolute atomic E-state index is 0.0334. The van der Waals surface area contributed by atoms with Gasteiger partial charge in [0.15, 0.2) is 0 Å². The largest absolute Gasteiger partial charge is 0.497 e. The number of hydrogen-bond acceptors (Lipinski definition) is 6. The lowest BCUT2D eigenvalue weighted by molar-refractivity contribution is -0.134. The van der Waals surface area contributed by atoms with Crippen LogP contribution in [-0.4, -0.2) is 38.0 Å². The van der Waals surface area contributed by atoms with Gasteiger partial charge in [0, 0.05) is 6.42 Å². The smallest absolute Gasteiger partial charge is 0.336 e. The maximum absolute atomic E-state index is 11.8. The minimum atomic E-state index is -1.31. The lowest BCUT2D eigenvalue weighted by Gasteiger charge is -2.10. The second-order valence-corrected chi connectivity index (χ2v) is 5.98. The third kappa shape index (κ3) is 3.55. The predicted molar refractivity (Wildman–Crippen MR) is 96.3 cm³/mol. The van der Waals surface area contributed by atoms with Crippen LogP contribution in [0.25, 0.3) is 16.6 Å². The summed E-state index contributed by atoms with van der Waals surface area (Å²) < 4.78 is 13.2. The Hall–Kier alpha value is -3.26. The number of aromatic nitrogens is 2. The van der Waals surface area contributed by atoms with Crippen molar-refractivity contribution >= 4 is 40.3 Å². The number of carboxylic acids is 2. The highest BCUT2D eigenvalue weighted by Gasteiger charge is 2.23. The van der Waals surface area contributed by atoms with E-state index in [1.165, 1.54) is 7.11 Å². The Labute approximate surface area is 152 Å². The van der Waals surface area contributed by atoms with E-state index < -0.39 is 11.9 Å². The Morgan fingerprint density at radius 2 is 1.69 bits per heavy atom. The monoisotopic (exact) mass is 370 g/mol. The van der Waals surface area contributed by atoms with Crippen LogP contribution in [0.4, 0.5) is 0 Å². The van der Waals surface area contributed by atoms with Crippen molar-refractivity contribution in [3.05, 3.63) is 59.2 Å². The van der Waals surface area contributed by atoms with Crippen molar-refractivity contribution in [3.63, 3.8) is 0 Å². The van der Waals surface area contributed by atoms with Crippen LogP contribution in [0, 0.1) is 0 Å². The first-order valence-electron chi connectivity index (χ1n) is 7.55. The van der Waals surface area contributed by atoms with Crippen molar-refractivity contribution < 1.29 is 24.5 Å². The molecule has 1 heterocycles. The molecule has 0 spiro atoms. The molecule has 0 unspecified atom stereocenters. The maximum atomic E-state index is 11.8. The SMILES string of the molecule is COc1ccc(C/C(C(=O)O)=C(/C(=O)O)c2ccc3nsnc3c2)cc1. The molecular weight excluding hydrogens is 356 g/mol. The molecule has 2 N–H and O–H groups in total. The van der Waals surface area contributed by atoms with Crippen molar-refractivity contribution in [2.45, 2.75) is 6.42 Å². The van der Waals surface area contributed by atoms with E-state index in [1.807, 2.05) is 0 Å². The van der Waals surface area contributed by atoms with Gasteiger partial charge in [-0.25, -0.2) is 9.59 Å². The average molecular weight is 370 g/mol. The van der Waals surface area contributed by atoms with Gasteiger partial charge in [-0.3, -0.25) is 0 Å². The molecule has 2 aromatic carbocycles. The average Bonchev–Trinajstić information content (AvgIpc) is 3.09. The molecule has 0 radical (unpaired) electrons. The third-order valence-corrected chi connectivity index (χ3v) is 4.41. The zero-order valence-electron chi connectivity index (χ0n) is 13.7. The number of aliphatic carboxylic acids is 2. The maximum Gasteiger partial charge on any atom is 0.336 e. The summed E-state index contributed by atoms with van der Waals surface area (Å²) in [6, 6.07) is 11.5. The first-order chi connectivity index (χ1) is 12.5. The number of ether oxygens (including phenoxy) is 1. The van der Waals surface area contributed by atoms with Gasteiger partial charge in [0.2, 0.25) is 0 Å². The molecule has 0 amide bonds. The molecule has 3 aromatic rings. The number of carbonyl (C=O) groups is 2. The number of carboxylic acid groups (broad SMARTS) is 2. The van der Waals surface area contributed by atoms with Gasteiger partial charge in [0.25, 0.3) is 0 Å². The number of rotatable bonds is 6. The van der Waals surface area contributed by atoms with Gasteiger partial charge in [0.05, 0.1) is 30.0 Å². The van der Waals surface area contributed by atoms with Crippen LogP contribution < -0.4 is 4.74 Å². The summed E-state index contributed by atoms with van der Waals surface area (Å²) in [4.78, 5) is 23.6. The molecule has 1 aromatic heterocycles. The van der Waals surface area contributed by atoms with Gasteiger partial charge in [-0.15, -0.1) is 0 Å². The summed E-state index contributed by atoms with van der Waals surface area (Å²) >= 11 is 1.01. The third-order valence-electron chi connectivity index (χ3n) is 3.86. The molecule has 0 aliphatic rings. The molecule has 0 fully saturated rings. The molecule has 26 heavy (non-hydrogen) atoms. The van der Waals surface area contributed by atoms with Crippen LogP contribution in [0.15, 0.2) is 48.0 Å². The quantitative estimate of drug-likeness (QED) is 0.642. The second kappa shape index (κ2) is 7.32. The summed E-state index contributed by atoms with van der Waals surface area (Å²) in [7, 11) is 1.53. The van der Waals surface area contributed by atoms with Crippen molar-refractivity contribution in [3.8, 4) is 5.75 Å². The van der Waals surface area contributed by atoms with Crippen LogP contribution in [0.1, 0.15) is 11.1 Å². The van der Waals surface area contributed by atoms with E-state index in [9.17, 15) is 19.8 Å². The number of fused-ring (bicyclic) bond motifs is 1. The zero-order valence-corrected chi connectivity index (χ0v) is 14.5. The Morgan fingerprint density at radius 3 is 2.31 bits per heavy atom. The van der Waals surface area contributed by atoms with E-state index in [-0.39, 0.29) is 23.1 Å². The molecule has 132 valence electrons. The first-order valence-corrected chi connectivity index (χ1v) is 8.28. The summed E-state index contributed by atoms with van der Waals surface area (Å²) in [5, 5.41) is 19.3. The molecule has 0 saturated carbocycles. The highest BCUT2D eigenvalue weighted by Crippen LogP contribution is 2.26. The number of nitrogens with zero attached hydrogens (tertiary/aromatic N) is 2. The van der Waals surface area contributed by atoms with Crippen molar-refractivity contribution in [2.24, 2.45) is 0 Å². The fourth-order valence-corrected chi connectivity index (χ4v) is 3.10. The predicted octanol–water partition coefficient (Wildman–Crippen LogP) is 2.87. The van der Waals surface area contributed by atoms with Crippen LogP contribution in [0.3, 0.4) is 0 Å². The zero-order chi connectivity index (χ0) is 18.7. The van der Waals surface area contributed by atoms with E-state index in [4.69, 9.17) is 4.74 Å². The van der Waals surface area contributed by atoms with Crippen LogP contribution in [-0.2, 0) is 16.0 Å². The molecule has 3 rings (SSSR count). The van der Waals surface area contributed by atoms with Crippen molar-refractivity contribution in [1.82, 2.24) is 8.75 Å². The first kappa shape index (κ1) is 17.6.